The van der Waals surface area contributed by atoms with Gasteiger partial charge >= 0.3 is 0 Å². The van der Waals surface area contributed by atoms with E-state index >= 15 is 0 Å². The molecule has 2 aromatic carbocycles. The second-order valence-corrected chi connectivity index (χ2v) is 4.09. The highest BCUT2D eigenvalue weighted by Gasteiger charge is 2.33. The first-order chi connectivity index (χ1) is 8.65. The fourth-order valence-electron chi connectivity index (χ4n) is 1.95. The van der Waals surface area contributed by atoms with E-state index < -0.39 is 19.0 Å². The molecule has 0 aliphatic rings. The number of benzene rings is 2. The van der Waals surface area contributed by atoms with Gasteiger partial charge in [-0.15, -0.1) is 0 Å². The molecule has 0 aliphatic carbocycles. The highest BCUT2D eigenvalue weighted by molar-refractivity contribution is 5.68. The highest BCUT2D eigenvalue weighted by Crippen LogP contribution is 2.37. The molecule has 0 saturated carbocycles. The number of aliphatic hydroxyl groups excluding tert-OH is 1. The van der Waals surface area contributed by atoms with Crippen LogP contribution in [0.4, 0.5) is 8.78 Å². The van der Waals surface area contributed by atoms with E-state index in [0.717, 1.165) is 5.56 Å². The minimum absolute atomic E-state index is 0.0368. The summed E-state index contributed by atoms with van der Waals surface area (Å²) in [5, 5.41) is 8.74. The van der Waals surface area contributed by atoms with Gasteiger partial charge in [0.05, 0.1) is 0 Å². The van der Waals surface area contributed by atoms with E-state index in [1.165, 1.54) is 6.07 Å². The quantitative estimate of drug-likeness (QED) is 0.871. The Labute approximate surface area is 105 Å². The van der Waals surface area contributed by atoms with Crippen molar-refractivity contribution in [3.63, 3.8) is 0 Å². The molecule has 0 amide bonds. The molecule has 94 valence electrons. The van der Waals surface area contributed by atoms with Crippen LogP contribution in [0.15, 0.2) is 54.6 Å². The molecular weight excluding hydrogens is 234 g/mol. The third kappa shape index (κ3) is 2.57. The van der Waals surface area contributed by atoms with Crippen molar-refractivity contribution in [2.75, 3.05) is 6.61 Å². The van der Waals surface area contributed by atoms with Gasteiger partial charge in [0.2, 0.25) is 0 Å². The molecule has 0 unspecified atom stereocenters. The highest BCUT2D eigenvalue weighted by atomic mass is 19.3. The van der Waals surface area contributed by atoms with Gasteiger partial charge in [-0.05, 0) is 11.1 Å². The van der Waals surface area contributed by atoms with E-state index in [1.807, 2.05) is 18.2 Å². The molecule has 18 heavy (non-hydrogen) atoms. The lowest BCUT2D eigenvalue weighted by Gasteiger charge is -2.19. The van der Waals surface area contributed by atoms with E-state index in [9.17, 15) is 8.78 Å². The SMILES string of the molecule is OCCC(F)(F)c1ccccc1-c1ccccc1. The summed E-state index contributed by atoms with van der Waals surface area (Å²) in [7, 11) is 0. The van der Waals surface area contributed by atoms with Crippen molar-refractivity contribution >= 4 is 0 Å². The second kappa shape index (κ2) is 5.27. The maximum atomic E-state index is 13.9. The average molecular weight is 248 g/mol. The van der Waals surface area contributed by atoms with Gasteiger partial charge in [-0.2, -0.15) is 0 Å². The molecule has 2 rings (SSSR count). The second-order valence-electron chi connectivity index (χ2n) is 4.09. The third-order valence-electron chi connectivity index (χ3n) is 2.83. The first-order valence-corrected chi connectivity index (χ1v) is 5.79. The molecule has 0 aromatic heterocycles. The topological polar surface area (TPSA) is 20.2 Å². The van der Waals surface area contributed by atoms with Crippen molar-refractivity contribution in [1.29, 1.82) is 0 Å². The zero-order valence-corrected chi connectivity index (χ0v) is 9.81. The molecule has 0 fully saturated rings. The Morgan fingerprint density at radius 1 is 0.889 bits per heavy atom. The fourth-order valence-corrected chi connectivity index (χ4v) is 1.95. The standard InChI is InChI=1S/C15H14F2O/c16-15(17,10-11-18)14-9-5-4-8-13(14)12-6-2-1-3-7-12/h1-9,18H,10-11H2. The molecule has 0 aliphatic heterocycles. The van der Waals surface area contributed by atoms with Gasteiger partial charge < -0.3 is 5.11 Å². The molecule has 0 saturated heterocycles. The van der Waals surface area contributed by atoms with E-state index in [1.54, 1.807) is 30.3 Å². The first-order valence-electron chi connectivity index (χ1n) is 5.79. The van der Waals surface area contributed by atoms with Crippen LogP contribution in [0.25, 0.3) is 11.1 Å². The van der Waals surface area contributed by atoms with Crippen LogP contribution in [-0.4, -0.2) is 11.7 Å². The summed E-state index contributed by atoms with van der Waals surface area (Å²) in [6, 6.07) is 15.5. The van der Waals surface area contributed by atoms with Crippen molar-refractivity contribution in [3.8, 4) is 11.1 Å². The minimum Gasteiger partial charge on any atom is -0.396 e. The van der Waals surface area contributed by atoms with Crippen LogP contribution in [-0.2, 0) is 5.92 Å². The van der Waals surface area contributed by atoms with Gasteiger partial charge in [-0.1, -0.05) is 54.6 Å². The lowest BCUT2D eigenvalue weighted by atomic mass is 9.94. The summed E-state index contributed by atoms with van der Waals surface area (Å²) in [6.07, 6.45) is -0.559. The molecule has 0 atom stereocenters. The van der Waals surface area contributed by atoms with Crippen molar-refractivity contribution in [1.82, 2.24) is 0 Å². The van der Waals surface area contributed by atoms with Crippen molar-refractivity contribution in [2.45, 2.75) is 12.3 Å². The number of hydrogen-bond donors (Lipinski definition) is 1. The zero-order valence-electron chi connectivity index (χ0n) is 9.81. The normalized spacial score (nSPS) is 11.5. The number of hydrogen-bond acceptors (Lipinski definition) is 1. The largest absolute Gasteiger partial charge is 0.396 e. The molecule has 2 aromatic rings. The van der Waals surface area contributed by atoms with Crippen molar-refractivity contribution in [3.05, 3.63) is 60.2 Å². The van der Waals surface area contributed by atoms with Gasteiger partial charge in [0, 0.05) is 18.6 Å². The monoisotopic (exact) mass is 248 g/mol. The Balaban J connectivity index is 2.50. The Hall–Kier alpha value is -1.74. The van der Waals surface area contributed by atoms with Crippen molar-refractivity contribution in [2.24, 2.45) is 0 Å². The van der Waals surface area contributed by atoms with Crippen LogP contribution in [0.1, 0.15) is 12.0 Å². The van der Waals surface area contributed by atoms with Crippen LogP contribution >= 0.6 is 0 Å². The van der Waals surface area contributed by atoms with Crippen molar-refractivity contribution < 1.29 is 13.9 Å². The van der Waals surface area contributed by atoms with Gasteiger partial charge in [0.1, 0.15) is 0 Å². The van der Waals surface area contributed by atoms with Gasteiger partial charge in [-0.3, -0.25) is 0 Å². The third-order valence-corrected chi connectivity index (χ3v) is 2.83. The van der Waals surface area contributed by atoms with Crippen LogP contribution in [0.5, 0.6) is 0 Å². The summed E-state index contributed by atoms with van der Waals surface area (Å²) in [5.74, 6) is -3.01. The van der Waals surface area contributed by atoms with E-state index in [4.69, 9.17) is 5.11 Å². The molecular formula is C15H14F2O. The van der Waals surface area contributed by atoms with Crippen LogP contribution < -0.4 is 0 Å². The Morgan fingerprint density at radius 3 is 2.17 bits per heavy atom. The number of aliphatic hydroxyl groups is 1. The molecule has 1 nitrogen and oxygen atoms in total. The molecule has 0 heterocycles. The fraction of sp³-hybridized carbons (Fsp3) is 0.200. The lowest BCUT2D eigenvalue weighted by molar-refractivity contribution is -0.0264. The Morgan fingerprint density at radius 2 is 1.50 bits per heavy atom. The van der Waals surface area contributed by atoms with Crippen LogP contribution in [0, 0.1) is 0 Å². The lowest BCUT2D eigenvalue weighted by Crippen LogP contribution is -2.16. The maximum Gasteiger partial charge on any atom is 0.276 e. The van der Waals surface area contributed by atoms with Crippen LogP contribution in [0.2, 0.25) is 0 Å². The number of rotatable bonds is 4. The van der Waals surface area contributed by atoms with E-state index in [0.29, 0.717) is 5.56 Å². The summed E-state index contributed by atoms with van der Waals surface area (Å²) < 4.78 is 27.9. The predicted molar refractivity (Wildman–Crippen MR) is 67.5 cm³/mol. The van der Waals surface area contributed by atoms with E-state index in [2.05, 4.69) is 0 Å². The molecule has 0 spiro atoms. The first kappa shape index (κ1) is 12.7. The average Bonchev–Trinajstić information content (AvgIpc) is 2.40. The number of halogens is 2. The van der Waals surface area contributed by atoms with Gasteiger partial charge in [0.15, 0.2) is 0 Å². The summed E-state index contributed by atoms with van der Waals surface area (Å²) >= 11 is 0. The van der Waals surface area contributed by atoms with Gasteiger partial charge in [-0.25, -0.2) is 8.78 Å². The predicted octanol–water partition coefficient (Wildman–Crippen LogP) is 3.83. The number of alkyl halides is 2. The summed E-state index contributed by atoms with van der Waals surface area (Å²) in [6.45, 7) is -0.532. The van der Waals surface area contributed by atoms with Gasteiger partial charge in [0.25, 0.3) is 5.92 Å². The summed E-state index contributed by atoms with van der Waals surface area (Å²) in [5.41, 5.74) is 1.23. The molecule has 3 heteroatoms. The van der Waals surface area contributed by atoms with E-state index in [-0.39, 0.29) is 5.56 Å². The maximum absolute atomic E-state index is 13.9. The Kier molecular flexibility index (Phi) is 3.72. The Bertz CT molecular complexity index is 509. The zero-order chi connectivity index (χ0) is 13.0. The minimum atomic E-state index is -3.01. The van der Waals surface area contributed by atoms with Crippen LogP contribution in [0.3, 0.4) is 0 Å². The molecule has 0 bridgehead atoms. The molecule has 0 radical (unpaired) electrons. The smallest absolute Gasteiger partial charge is 0.276 e. The molecule has 1 N–H and O–H groups in total. The summed E-state index contributed by atoms with van der Waals surface area (Å²) in [4.78, 5) is 0.